The SMILES string of the molecule is C=C(Cl)CNC1CCc2c(F)cccc21. The van der Waals surface area contributed by atoms with Crippen LogP contribution < -0.4 is 5.32 Å². The Morgan fingerprint density at radius 3 is 3.13 bits per heavy atom. The molecule has 1 aliphatic carbocycles. The highest BCUT2D eigenvalue weighted by Crippen LogP contribution is 2.32. The number of benzene rings is 1. The van der Waals surface area contributed by atoms with Crippen LogP contribution in [0.15, 0.2) is 29.8 Å². The zero-order valence-corrected chi connectivity index (χ0v) is 9.15. The zero-order valence-electron chi connectivity index (χ0n) is 8.39. The molecular weight excluding hydrogens is 213 g/mol. The Kier molecular flexibility index (Phi) is 3.08. The van der Waals surface area contributed by atoms with E-state index in [0.717, 1.165) is 24.0 Å². The van der Waals surface area contributed by atoms with Gasteiger partial charge in [0.25, 0.3) is 0 Å². The molecule has 1 unspecified atom stereocenters. The Morgan fingerprint density at radius 2 is 2.40 bits per heavy atom. The molecule has 0 saturated heterocycles. The van der Waals surface area contributed by atoms with E-state index in [1.54, 1.807) is 6.07 Å². The molecule has 1 atom stereocenters. The third kappa shape index (κ3) is 2.21. The summed E-state index contributed by atoms with van der Waals surface area (Å²) in [6.07, 6.45) is 1.73. The van der Waals surface area contributed by atoms with Gasteiger partial charge in [0, 0.05) is 17.6 Å². The van der Waals surface area contributed by atoms with Crippen LogP contribution in [0.4, 0.5) is 4.39 Å². The maximum Gasteiger partial charge on any atom is 0.126 e. The molecule has 0 spiro atoms. The fourth-order valence-corrected chi connectivity index (χ4v) is 2.13. The standard InChI is InChI=1S/C12H13ClFN/c1-8(13)7-15-12-6-5-9-10(12)3-2-4-11(9)14/h2-4,12,15H,1,5-7H2. The lowest BCUT2D eigenvalue weighted by Gasteiger charge is -2.13. The van der Waals surface area contributed by atoms with Crippen LogP contribution in [0.2, 0.25) is 0 Å². The number of hydrogen-bond donors (Lipinski definition) is 1. The Morgan fingerprint density at radius 1 is 1.60 bits per heavy atom. The van der Waals surface area contributed by atoms with E-state index in [1.165, 1.54) is 6.07 Å². The van der Waals surface area contributed by atoms with E-state index in [0.29, 0.717) is 11.6 Å². The summed E-state index contributed by atoms with van der Waals surface area (Å²) in [5.74, 6) is -0.0958. The van der Waals surface area contributed by atoms with E-state index in [-0.39, 0.29) is 11.9 Å². The molecule has 0 fully saturated rings. The second-order valence-corrected chi connectivity index (χ2v) is 4.33. The van der Waals surface area contributed by atoms with Gasteiger partial charge in [-0.05, 0) is 30.0 Å². The summed E-state index contributed by atoms with van der Waals surface area (Å²) in [5.41, 5.74) is 1.91. The molecule has 1 aliphatic rings. The van der Waals surface area contributed by atoms with Gasteiger partial charge >= 0.3 is 0 Å². The second kappa shape index (κ2) is 4.33. The van der Waals surface area contributed by atoms with E-state index in [9.17, 15) is 4.39 Å². The van der Waals surface area contributed by atoms with Crippen LogP contribution in [0.5, 0.6) is 0 Å². The molecule has 80 valence electrons. The molecule has 0 amide bonds. The van der Waals surface area contributed by atoms with E-state index in [2.05, 4.69) is 11.9 Å². The molecule has 0 aliphatic heterocycles. The summed E-state index contributed by atoms with van der Waals surface area (Å²) >= 11 is 5.68. The third-order valence-corrected chi connectivity index (χ3v) is 2.89. The minimum atomic E-state index is -0.0958. The average molecular weight is 226 g/mol. The molecule has 0 aromatic heterocycles. The Bertz CT molecular complexity index is 389. The van der Waals surface area contributed by atoms with Crippen LogP contribution in [0.25, 0.3) is 0 Å². The summed E-state index contributed by atoms with van der Waals surface area (Å²) in [4.78, 5) is 0. The molecule has 2 rings (SSSR count). The number of fused-ring (bicyclic) bond motifs is 1. The summed E-state index contributed by atoms with van der Waals surface area (Å²) in [6.45, 7) is 4.19. The van der Waals surface area contributed by atoms with Crippen LogP contribution in [0, 0.1) is 5.82 Å². The molecule has 0 bridgehead atoms. The molecule has 0 radical (unpaired) electrons. The number of hydrogen-bond acceptors (Lipinski definition) is 1. The summed E-state index contributed by atoms with van der Waals surface area (Å²) < 4.78 is 13.4. The highest BCUT2D eigenvalue weighted by molar-refractivity contribution is 6.29. The second-order valence-electron chi connectivity index (χ2n) is 3.80. The van der Waals surface area contributed by atoms with Gasteiger partial charge in [-0.2, -0.15) is 0 Å². The smallest absolute Gasteiger partial charge is 0.126 e. The number of nitrogens with one attached hydrogen (secondary N) is 1. The fraction of sp³-hybridized carbons (Fsp3) is 0.333. The van der Waals surface area contributed by atoms with E-state index in [4.69, 9.17) is 11.6 Å². The van der Waals surface area contributed by atoms with E-state index in [1.807, 2.05) is 6.07 Å². The molecular formula is C12H13ClFN. The predicted octanol–water partition coefficient (Wildman–Crippen LogP) is 3.16. The monoisotopic (exact) mass is 225 g/mol. The van der Waals surface area contributed by atoms with Crippen LogP contribution in [0.3, 0.4) is 0 Å². The molecule has 0 heterocycles. The highest BCUT2D eigenvalue weighted by Gasteiger charge is 2.23. The van der Waals surface area contributed by atoms with Crippen LogP contribution in [-0.4, -0.2) is 6.54 Å². The van der Waals surface area contributed by atoms with Crippen molar-refractivity contribution in [1.29, 1.82) is 0 Å². The lowest BCUT2D eigenvalue weighted by Crippen LogP contribution is -2.20. The largest absolute Gasteiger partial charge is 0.305 e. The maximum atomic E-state index is 13.4. The number of halogens is 2. The lowest BCUT2D eigenvalue weighted by atomic mass is 10.1. The number of rotatable bonds is 3. The van der Waals surface area contributed by atoms with Crippen molar-refractivity contribution in [2.24, 2.45) is 0 Å². The van der Waals surface area contributed by atoms with Gasteiger partial charge in [-0.3, -0.25) is 0 Å². The van der Waals surface area contributed by atoms with Crippen molar-refractivity contribution in [1.82, 2.24) is 5.32 Å². The third-order valence-electron chi connectivity index (χ3n) is 2.75. The normalized spacial score (nSPS) is 18.9. The lowest BCUT2D eigenvalue weighted by molar-refractivity contribution is 0.561. The molecule has 15 heavy (non-hydrogen) atoms. The predicted molar refractivity (Wildman–Crippen MR) is 60.5 cm³/mol. The molecule has 1 aromatic rings. The van der Waals surface area contributed by atoms with Crippen LogP contribution in [-0.2, 0) is 6.42 Å². The first kappa shape index (κ1) is 10.7. The van der Waals surface area contributed by atoms with Gasteiger partial charge in [0.15, 0.2) is 0 Å². The minimum Gasteiger partial charge on any atom is -0.305 e. The van der Waals surface area contributed by atoms with Gasteiger partial charge in [0.2, 0.25) is 0 Å². The fourth-order valence-electron chi connectivity index (χ4n) is 2.06. The molecule has 3 heteroatoms. The van der Waals surface area contributed by atoms with Crippen molar-refractivity contribution in [3.63, 3.8) is 0 Å². The Labute approximate surface area is 93.9 Å². The minimum absolute atomic E-state index is 0.0958. The van der Waals surface area contributed by atoms with Gasteiger partial charge in [0.05, 0.1) is 0 Å². The zero-order chi connectivity index (χ0) is 10.8. The molecule has 0 saturated carbocycles. The quantitative estimate of drug-likeness (QED) is 0.834. The maximum absolute atomic E-state index is 13.4. The van der Waals surface area contributed by atoms with Crippen molar-refractivity contribution in [3.8, 4) is 0 Å². The van der Waals surface area contributed by atoms with Gasteiger partial charge in [-0.25, -0.2) is 4.39 Å². The first-order chi connectivity index (χ1) is 7.18. The van der Waals surface area contributed by atoms with Gasteiger partial charge in [-0.15, -0.1) is 0 Å². The molecule has 1 aromatic carbocycles. The summed E-state index contributed by atoms with van der Waals surface area (Å²) in [6, 6.07) is 5.46. The van der Waals surface area contributed by atoms with Crippen molar-refractivity contribution >= 4 is 11.6 Å². The summed E-state index contributed by atoms with van der Waals surface area (Å²) in [5, 5.41) is 3.85. The van der Waals surface area contributed by atoms with E-state index >= 15 is 0 Å². The van der Waals surface area contributed by atoms with Crippen LogP contribution >= 0.6 is 11.6 Å². The molecule has 1 nitrogen and oxygen atoms in total. The first-order valence-electron chi connectivity index (χ1n) is 5.02. The molecule has 1 N–H and O–H groups in total. The van der Waals surface area contributed by atoms with Crippen LogP contribution in [0.1, 0.15) is 23.6 Å². The van der Waals surface area contributed by atoms with Gasteiger partial charge in [0.1, 0.15) is 5.82 Å². The topological polar surface area (TPSA) is 12.0 Å². The van der Waals surface area contributed by atoms with Crippen molar-refractivity contribution in [2.75, 3.05) is 6.54 Å². The van der Waals surface area contributed by atoms with Crippen molar-refractivity contribution in [3.05, 3.63) is 46.8 Å². The van der Waals surface area contributed by atoms with Gasteiger partial charge < -0.3 is 5.32 Å². The average Bonchev–Trinajstić information content (AvgIpc) is 2.59. The van der Waals surface area contributed by atoms with E-state index < -0.39 is 0 Å². The highest BCUT2D eigenvalue weighted by atomic mass is 35.5. The van der Waals surface area contributed by atoms with Crippen molar-refractivity contribution in [2.45, 2.75) is 18.9 Å². The first-order valence-corrected chi connectivity index (χ1v) is 5.40. The Hall–Kier alpha value is -0.860. The Balaban J connectivity index is 2.14. The summed E-state index contributed by atoms with van der Waals surface area (Å²) in [7, 11) is 0. The van der Waals surface area contributed by atoms with Gasteiger partial charge in [-0.1, -0.05) is 30.3 Å². The van der Waals surface area contributed by atoms with Crippen molar-refractivity contribution < 1.29 is 4.39 Å².